The van der Waals surface area contributed by atoms with Crippen LogP contribution in [0.1, 0.15) is 61.3 Å². The summed E-state index contributed by atoms with van der Waals surface area (Å²) in [4.78, 5) is 18.7. The SMILES string of the molecule is Cc1nc2ccc(Cl)cc2c(N2CC(C)(C)c3ccc(-c4ccncc4)cc32)c1C.Cc1nc2ccc(Cl)cc2c(N2CC(C)(C)c3ccc(I)cc32)c1C. The van der Waals surface area contributed by atoms with E-state index in [4.69, 9.17) is 33.2 Å². The summed E-state index contributed by atoms with van der Waals surface area (Å²) >= 11 is 15.1. The summed E-state index contributed by atoms with van der Waals surface area (Å²) in [5.41, 5.74) is 16.8. The van der Waals surface area contributed by atoms with Crippen LogP contribution in [0.3, 0.4) is 0 Å². The maximum Gasteiger partial charge on any atom is 0.0727 e. The molecule has 0 saturated carbocycles. The molecule has 0 bridgehead atoms. The Bertz CT molecular complexity index is 2650. The number of nitrogens with zero attached hydrogens (tertiary/aromatic N) is 5. The van der Waals surface area contributed by atoms with Gasteiger partial charge in [0.1, 0.15) is 0 Å². The number of pyridine rings is 3. The van der Waals surface area contributed by atoms with Gasteiger partial charge in [0.25, 0.3) is 0 Å². The number of aryl methyl sites for hydroxylation is 2. The van der Waals surface area contributed by atoms with Crippen molar-refractivity contribution in [3.05, 3.63) is 145 Å². The minimum Gasteiger partial charge on any atom is -0.340 e. The van der Waals surface area contributed by atoms with E-state index in [9.17, 15) is 0 Å². The van der Waals surface area contributed by atoms with E-state index >= 15 is 0 Å². The maximum atomic E-state index is 6.40. The van der Waals surface area contributed by atoms with Crippen molar-refractivity contribution in [2.24, 2.45) is 0 Å². The molecule has 2 aliphatic rings. The van der Waals surface area contributed by atoms with Crippen molar-refractivity contribution in [3.8, 4) is 11.1 Å². The first kappa shape index (κ1) is 37.7. The molecular weight excluding hydrogens is 832 g/mol. The molecule has 5 nitrogen and oxygen atoms in total. The first-order chi connectivity index (χ1) is 26.1. The Hall–Kier alpha value is -4.24. The minimum absolute atomic E-state index is 0.0423. The smallest absolute Gasteiger partial charge is 0.0727 e. The lowest BCUT2D eigenvalue weighted by Crippen LogP contribution is -2.25. The topological polar surface area (TPSA) is 45.2 Å². The molecule has 0 unspecified atom stereocenters. The third-order valence-electron chi connectivity index (χ3n) is 11.5. The fraction of sp³-hybridized carbons (Fsp3) is 0.255. The van der Waals surface area contributed by atoms with Gasteiger partial charge in [-0.1, -0.05) is 69.1 Å². The van der Waals surface area contributed by atoms with Crippen LogP contribution < -0.4 is 9.80 Å². The van der Waals surface area contributed by atoms with Crippen LogP contribution >= 0.6 is 45.8 Å². The van der Waals surface area contributed by atoms with E-state index in [1.165, 1.54) is 59.7 Å². The van der Waals surface area contributed by atoms with Crippen molar-refractivity contribution in [1.29, 1.82) is 0 Å². The molecule has 55 heavy (non-hydrogen) atoms. The minimum atomic E-state index is 0.0423. The van der Waals surface area contributed by atoms with Crippen LogP contribution in [-0.4, -0.2) is 28.0 Å². The highest BCUT2D eigenvalue weighted by Crippen LogP contribution is 2.50. The molecule has 8 heteroatoms. The third-order valence-corrected chi connectivity index (χ3v) is 12.6. The quantitative estimate of drug-likeness (QED) is 0.166. The van der Waals surface area contributed by atoms with Gasteiger partial charge in [0, 0.05) is 83.5 Å². The van der Waals surface area contributed by atoms with Gasteiger partial charge in [0.2, 0.25) is 0 Å². The average molecular weight is 877 g/mol. The number of aromatic nitrogens is 3. The molecule has 5 heterocycles. The zero-order valence-corrected chi connectivity index (χ0v) is 36.2. The van der Waals surface area contributed by atoms with Crippen molar-refractivity contribution < 1.29 is 0 Å². The largest absolute Gasteiger partial charge is 0.340 e. The third kappa shape index (κ3) is 6.74. The maximum absolute atomic E-state index is 6.40. The second-order valence-electron chi connectivity index (χ2n) is 16.2. The standard InChI is InChI=1S/C26H24ClN3.C21H20ClIN2/c1-16-17(2)29-23-8-6-20(27)14-21(23)25(16)30-15-26(3,4)22-7-5-19(13-24(22)30)18-9-11-28-12-10-18;1-12-13(2)24-18-8-5-14(22)9-16(18)20(12)25-11-21(3,4)17-7-6-15(23)10-19(17)25/h5-14H,15H2,1-4H3;5-10H,11H2,1-4H3. The number of fused-ring (bicyclic) bond motifs is 4. The molecule has 0 N–H and O–H groups in total. The van der Waals surface area contributed by atoms with E-state index in [0.29, 0.717) is 0 Å². The highest BCUT2D eigenvalue weighted by Gasteiger charge is 2.38. The Morgan fingerprint density at radius 2 is 1.04 bits per heavy atom. The molecule has 0 saturated heterocycles. The van der Waals surface area contributed by atoms with Gasteiger partial charge >= 0.3 is 0 Å². The molecule has 278 valence electrons. The molecule has 3 aromatic heterocycles. The number of hydrogen-bond acceptors (Lipinski definition) is 5. The molecule has 0 aliphatic carbocycles. The molecule has 0 atom stereocenters. The Morgan fingerprint density at radius 1 is 0.564 bits per heavy atom. The van der Waals surface area contributed by atoms with Crippen LogP contribution in [0.15, 0.2) is 97.3 Å². The van der Waals surface area contributed by atoms with Gasteiger partial charge in [-0.25, -0.2) is 0 Å². The highest BCUT2D eigenvalue weighted by atomic mass is 127. The number of hydrogen-bond donors (Lipinski definition) is 0. The predicted octanol–water partition coefficient (Wildman–Crippen LogP) is 13.5. The van der Waals surface area contributed by atoms with Crippen LogP contribution in [0, 0.1) is 31.3 Å². The predicted molar refractivity (Wildman–Crippen MR) is 241 cm³/mol. The van der Waals surface area contributed by atoms with E-state index in [2.05, 4.69) is 141 Å². The fourth-order valence-corrected chi connectivity index (χ4v) is 9.26. The second-order valence-corrected chi connectivity index (χ2v) is 18.4. The summed E-state index contributed by atoms with van der Waals surface area (Å²) < 4.78 is 1.25. The Balaban J connectivity index is 0.000000158. The first-order valence-corrected chi connectivity index (χ1v) is 20.5. The van der Waals surface area contributed by atoms with Crippen LogP contribution in [0.2, 0.25) is 10.0 Å². The van der Waals surface area contributed by atoms with Gasteiger partial charge in [-0.05, 0) is 150 Å². The van der Waals surface area contributed by atoms with Crippen LogP contribution in [0.5, 0.6) is 0 Å². The van der Waals surface area contributed by atoms with Gasteiger partial charge in [-0.3, -0.25) is 15.0 Å². The van der Waals surface area contributed by atoms with Gasteiger partial charge in [0.05, 0.1) is 22.4 Å². The number of anilines is 4. The number of rotatable bonds is 3. The van der Waals surface area contributed by atoms with Crippen molar-refractivity contribution in [1.82, 2.24) is 15.0 Å². The van der Waals surface area contributed by atoms with E-state index in [1.807, 2.05) is 48.8 Å². The molecular formula is C47H44Cl2IN5. The molecule has 0 radical (unpaired) electrons. The van der Waals surface area contributed by atoms with Gasteiger partial charge < -0.3 is 9.80 Å². The van der Waals surface area contributed by atoms with Crippen LogP contribution in [-0.2, 0) is 10.8 Å². The molecule has 0 fully saturated rings. The van der Waals surface area contributed by atoms with Gasteiger partial charge in [0.15, 0.2) is 0 Å². The summed E-state index contributed by atoms with van der Waals surface area (Å²) in [7, 11) is 0. The summed E-state index contributed by atoms with van der Waals surface area (Å²) in [6.45, 7) is 19.6. The molecule has 9 rings (SSSR count). The summed E-state index contributed by atoms with van der Waals surface area (Å²) in [6.07, 6.45) is 3.69. The fourth-order valence-electron chi connectivity index (χ4n) is 8.44. The molecule has 7 aromatic rings. The normalized spacial score (nSPS) is 15.3. The van der Waals surface area contributed by atoms with E-state index in [-0.39, 0.29) is 10.8 Å². The zero-order chi connectivity index (χ0) is 39.0. The van der Waals surface area contributed by atoms with Crippen LogP contribution in [0.25, 0.3) is 32.9 Å². The molecule has 2 aliphatic heterocycles. The highest BCUT2D eigenvalue weighted by molar-refractivity contribution is 14.1. The van der Waals surface area contributed by atoms with Gasteiger partial charge in [-0.15, -0.1) is 0 Å². The summed E-state index contributed by atoms with van der Waals surface area (Å²) in [6, 6.07) is 29.6. The van der Waals surface area contributed by atoms with E-state index in [0.717, 1.165) is 56.3 Å². The average Bonchev–Trinajstić information content (AvgIpc) is 3.57. The summed E-state index contributed by atoms with van der Waals surface area (Å²) in [5, 5.41) is 3.71. The Morgan fingerprint density at radius 3 is 1.55 bits per heavy atom. The van der Waals surface area contributed by atoms with E-state index in [1.54, 1.807) is 0 Å². The lowest BCUT2D eigenvalue weighted by Gasteiger charge is -2.26. The van der Waals surface area contributed by atoms with Gasteiger partial charge in [-0.2, -0.15) is 0 Å². The first-order valence-electron chi connectivity index (χ1n) is 18.7. The zero-order valence-electron chi connectivity index (χ0n) is 32.5. The van der Waals surface area contributed by atoms with E-state index < -0.39 is 0 Å². The Kier molecular flexibility index (Phi) is 9.62. The Labute approximate surface area is 347 Å². The monoisotopic (exact) mass is 875 g/mol. The number of halogens is 3. The molecule has 0 spiro atoms. The van der Waals surface area contributed by atoms with Crippen molar-refractivity contribution in [3.63, 3.8) is 0 Å². The van der Waals surface area contributed by atoms with Crippen molar-refractivity contribution >= 4 is 90.3 Å². The second kappa shape index (κ2) is 14.1. The van der Waals surface area contributed by atoms with Crippen molar-refractivity contribution in [2.45, 2.75) is 66.2 Å². The van der Waals surface area contributed by atoms with Crippen molar-refractivity contribution in [2.75, 3.05) is 22.9 Å². The molecule has 4 aromatic carbocycles. The molecule has 0 amide bonds. The number of benzene rings is 4. The van der Waals surface area contributed by atoms with Crippen LogP contribution in [0.4, 0.5) is 22.7 Å². The lowest BCUT2D eigenvalue weighted by atomic mass is 9.86. The lowest BCUT2D eigenvalue weighted by molar-refractivity contribution is 0.569. The summed E-state index contributed by atoms with van der Waals surface area (Å²) in [5.74, 6) is 0.